The molecule has 0 fully saturated rings. The second-order valence-corrected chi connectivity index (χ2v) is 5.61. The van der Waals surface area contributed by atoms with Crippen LogP contribution < -0.4 is 11.1 Å². The fourth-order valence-electron chi connectivity index (χ4n) is 2.34. The van der Waals surface area contributed by atoms with Crippen molar-refractivity contribution in [3.63, 3.8) is 0 Å². The largest absolute Gasteiger partial charge is 0.478 e. The van der Waals surface area contributed by atoms with Gasteiger partial charge in [-0.2, -0.15) is 5.11 Å². The molecule has 0 unspecified atom stereocenters. The first-order valence-electron chi connectivity index (χ1n) is 8.04. The van der Waals surface area contributed by atoms with Crippen LogP contribution in [0.1, 0.15) is 20.7 Å². The molecule has 0 aliphatic rings. The molecule has 7 nitrogen and oxygen atoms in total. The minimum atomic E-state index is -1.01. The summed E-state index contributed by atoms with van der Waals surface area (Å²) in [6.45, 7) is 0. The van der Waals surface area contributed by atoms with Gasteiger partial charge in [-0.25, -0.2) is 4.79 Å². The number of carbonyl (C=O) groups excluding carboxylic acids is 1. The van der Waals surface area contributed by atoms with Gasteiger partial charge in [0.1, 0.15) is 0 Å². The van der Waals surface area contributed by atoms with Crippen LogP contribution in [0.3, 0.4) is 0 Å². The van der Waals surface area contributed by atoms with Gasteiger partial charge in [0, 0.05) is 0 Å². The first kappa shape index (κ1) is 17.8. The molecule has 0 heterocycles. The number of aromatic carboxylic acids is 1. The summed E-state index contributed by atoms with van der Waals surface area (Å²) in [5, 5.41) is 19.9. The Morgan fingerprint density at radius 3 is 2.22 bits per heavy atom. The highest BCUT2D eigenvalue weighted by molar-refractivity contribution is 6.08. The number of anilines is 2. The summed E-state index contributed by atoms with van der Waals surface area (Å²) in [6.07, 6.45) is 0. The number of nitrogens with two attached hydrogens (primary N) is 1. The van der Waals surface area contributed by atoms with Crippen LogP contribution in [0.15, 0.2) is 83.0 Å². The molecular weight excluding hydrogens is 344 g/mol. The zero-order valence-electron chi connectivity index (χ0n) is 14.2. The number of carboxylic acid groups (broad SMARTS) is 1. The number of nitrogens with one attached hydrogen (secondary N) is 1. The van der Waals surface area contributed by atoms with E-state index in [2.05, 4.69) is 15.5 Å². The molecule has 7 heteroatoms. The number of benzene rings is 3. The van der Waals surface area contributed by atoms with Crippen molar-refractivity contribution in [1.29, 1.82) is 0 Å². The van der Waals surface area contributed by atoms with E-state index >= 15 is 0 Å². The van der Waals surface area contributed by atoms with Crippen molar-refractivity contribution in [3.8, 4) is 0 Å². The Balaban J connectivity index is 1.82. The van der Waals surface area contributed by atoms with Gasteiger partial charge in [-0.05, 0) is 48.5 Å². The number of para-hydroxylation sites is 2. The Morgan fingerprint density at radius 1 is 0.852 bits per heavy atom. The van der Waals surface area contributed by atoms with Gasteiger partial charge >= 0.3 is 5.97 Å². The van der Waals surface area contributed by atoms with E-state index in [9.17, 15) is 9.59 Å². The lowest BCUT2D eigenvalue weighted by molar-refractivity contribution is 0.0696. The maximum absolute atomic E-state index is 12.6. The molecule has 0 aliphatic carbocycles. The average Bonchev–Trinajstić information content (AvgIpc) is 2.68. The summed E-state index contributed by atoms with van der Waals surface area (Å²) in [5.41, 5.74) is 8.19. The Kier molecular flexibility index (Phi) is 5.22. The molecule has 134 valence electrons. The molecule has 0 atom stereocenters. The molecule has 3 aromatic carbocycles. The molecule has 0 saturated carbocycles. The summed E-state index contributed by atoms with van der Waals surface area (Å²) >= 11 is 0. The van der Waals surface area contributed by atoms with Crippen LogP contribution in [0.5, 0.6) is 0 Å². The second-order valence-electron chi connectivity index (χ2n) is 5.61. The Hall–Kier alpha value is -4.00. The highest BCUT2D eigenvalue weighted by Crippen LogP contribution is 2.25. The van der Waals surface area contributed by atoms with Crippen molar-refractivity contribution in [1.82, 2.24) is 0 Å². The maximum Gasteiger partial charge on any atom is 0.335 e. The fourth-order valence-corrected chi connectivity index (χ4v) is 2.34. The number of amides is 1. The summed E-state index contributed by atoms with van der Waals surface area (Å²) in [5.74, 6) is -1.37. The van der Waals surface area contributed by atoms with Gasteiger partial charge in [-0.3, -0.25) is 4.79 Å². The average molecular weight is 360 g/mol. The van der Waals surface area contributed by atoms with Crippen molar-refractivity contribution >= 4 is 34.6 Å². The van der Waals surface area contributed by atoms with Gasteiger partial charge in [-0.15, -0.1) is 5.11 Å². The molecule has 0 saturated heterocycles. The number of azo groups is 1. The first-order chi connectivity index (χ1) is 13.0. The molecule has 4 N–H and O–H groups in total. The molecule has 1 amide bonds. The topological polar surface area (TPSA) is 117 Å². The highest BCUT2D eigenvalue weighted by atomic mass is 16.4. The van der Waals surface area contributed by atoms with Gasteiger partial charge in [0.2, 0.25) is 0 Å². The lowest BCUT2D eigenvalue weighted by Gasteiger charge is -2.09. The molecule has 0 radical (unpaired) electrons. The van der Waals surface area contributed by atoms with Crippen molar-refractivity contribution in [2.24, 2.45) is 10.2 Å². The lowest BCUT2D eigenvalue weighted by Crippen LogP contribution is -2.13. The predicted octanol–water partition coefficient (Wildman–Crippen LogP) is 4.63. The van der Waals surface area contributed by atoms with Crippen LogP contribution >= 0.6 is 0 Å². The van der Waals surface area contributed by atoms with Crippen LogP contribution in [-0.2, 0) is 0 Å². The zero-order chi connectivity index (χ0) is 19.2. The third-order valence-electron chi connectivity index (χ3n) is 3.75. The third-order valence-corrected chi connectivity index (χ3v) is 3.75. The first-order valence-corrected chi connectivity index (χ1v) is 8.04. The minimum Gasteiger partial charge on any atom is -0.478 e. The van der Waals surface area contributed by atoms with Crippen molar-refractivity contribution in [3.05, 3.63) is 83.9 Å². The molecule has 3 aromatic rings. The van der Waals surface area contributed by atoms with Gasteiger partial charge in [-0.1, -0.05) is 24.3 Å². The molecule has 0 aromatic heterocycles. The SMILES string of the molecule is Nc1ccccc1NC(=O)c1ccccc1N=Nc1ccc(C(=O)O)cc1. The molecule has 3 rings (SSSR count). The van der Waals surface area contributed by atoms with E-state index < -0.39 is 5.97 Å². The van der Waals surface area contributed by atoms with E-state index in [1.165, 1.54) is 12.1 Å². The minimum absolute atomic E-state index is 0.161. The Morgan fingerprint density at radius 2 is 1.52 bits per heavy atom. The number of rotatable bonds is 5. The van der Waals surface area contributed by atoms with E-state index in [1.54, 1.807) is 60.7 Å². The van der Waals surface area contributed by atoms with Gasteiger partial charge in [0.15, 0.2) is 0 Å². The molecule has 0 bridgehead atoms. The van der Waals surface area contributed by atoms with Crippen LogP contribution in [0, 0.1) is 0 Å². The van der Waals surface area contributed by atoms with Gasteiger partial charge < -0.3 is 16.2 Å². The normalized spacial score (nSPS) is 10.7. The summed E-state index contributed by atoms with van der Waals surface area (Å²) in [6, 6.07) is 19.7. The summed E-state index contributed by atoms with van der Waals surface area (Å²) < 4.78 is 0. The standard InChI is InChI=1S/C20H16N4O3/c21-16-6-2-4-8-18(16)22-19(25)15-5-1-3-7-17(15)24-23-14-11-9-13(10-12-14)20(26)27/h1-12H,21H2,(H,22,25)(H,26,27). The van der Waals surface area contributed by atoms with E-state index in [1.807, 2.05) is 0 Å². The van der Waals surface area contributed by atoms with E-state index in [-0.39, 0.29) is 11.5 Å². The number of nitrogens with zero attached hydrogens (tertiary/aromatic N) is 2. The molecule has 27 heavy (non-hydrogen) atoms. The van der Waals surface area contributed by atoms with E-state index in [0.717, 1.165) is 0 Å². The number of hydrogen-bond donors (Lipinski definition) is 3. The second kappa shape index (κ2) is 7.92. The monoisotopic (exact) mass is 360 g/mol. The Labute approximate surface area is 155 Å². The number of carboxylic acids is 1. The third kappa shape index (κ3) is 4.35. The number of hydrogen-bond acceptors (Lipinski definition) is 5. The lowest BCUT2D eigenvalue weighted by atomic mass is 10.1. The van der Waals surface area contributed by atoms with Crippen LogP contribution in [-0.4, -0.2) is 17.0 Å². The summed E-state index contributed by atoms with van der Waals surface area (Å²) in [7, 11) is 0. The van der Waals surface area contributed by atoms with Gasteiger partial charge in [0.05, 0.1) is 33.9 Å². The molecule has 0 spiro atoms. The smallest absolute Gasteiger partial charge is 0.335 e. The number of nitrogen functional groups attached to an aromatic ring is 1. The number of carbonyl (C=O) groups is 2. The van der Waals surface area contributed by atoms with Crippen molar-refractivity contribution in [2.45, 2.75) is 0 Å². The van der Waals surface area contributed by atoms with Crippen LogP contribution in [0.25, 0.3) is 0 Å². The van der Waals surface area contributed by atoms with Crippen molar-refractivity contribution in [2.75, 3.05) is 11.1 Å². The summed E-state index contributed by atoms with van der Waals surface area (Å²) in [4.78, 5) is 23.5. The van der Waals surface area contributed by atoms with Crippen LogP contribution in [0.2, 0.25) is 0 Å². The fraction of sp³-hybridized carbons (Fsp3) is 0. The highest BCUT2D eigenvalue weighted by Gasteiger charge is 2.12. The van der Waals surface area contributed by atoms with E-state index in [0.29, 0.717) is 28.3 Å². The molecular formula is C20H16N4O3. The Bertz CT molecular complexity index is 1010. The van der Waals surface area contributed by atoms with Crippen molar-refractivity contribution < 1.29 is 14.7 Å². The quantitative estimate of drug-likeness (QED) is 0.454. The van der Waals surface area contributed by atoms with Gasteiger partial charge in [0.25, 0.3) is 5.91 Å². The molecule has 0 aliphatic heterocycles. The maximum atomic E-state index is 12.6. The van der Waals surface area contributed by atoms with Crippen LogP contribution in [0.4, 0.5) is 22.7 Å². The zero-order valence-corrected chi connectivity index (χ0v) is 14.2. The van der Waals surface area contributed by atoms with E-state index in [4.69, 9.17) is 10.8 Å². The predicted molar refractivity (Wildman–Crippen MR) is 103 cm³/mol.